The van der Waals surface area contributed by atoms with E-state index < -0.39 is 10.0 Å². The van der Waals surface area contributed by atoms with E-state index in [9.17, 15) is 13.2 Å². The molecule has 1 amide bonds. The molecule has 2 aromatic rings. The summed E-state index contributed by atoms with van der Waals surface area (Å²) in [5, 5.41) is 3.25. The van der Waals surface area contributed by atoms with Crippen LogP contribution < -0.4 is 5.32 Å². The monoisotopic (exact) mass is 488 g/mol. The van der Waals surface area contributed by atoms with Gasteiger partial charge in [0.15, 0.2) is 0 Å². The zero-order chi connectivity index (χ0) is 24.0. The maximum Gasteiger partial charge on any atom is 0.243 e. The Morgan fingerprint density at radius 2 is 1.76 bits per heavy atom. The van der Waals surface area contributed by atoms with Gasteiger partial charge in [-0.1, -0.05) is 45.4 Å². The minimum Gasteiger partial charge on any atom is -0.353 e. The number of nitrogens with one attached hydrogen (secondary N) is 1. The number of unbranched alkanes of at least 4 members (excludes halogenated alkanes) is 1. The van der Waals surface area contributed by atoms with Gasteiger partial charge >= 0.3 is 0 Å². The van der Waals surface area contributed by atoms with Crippen LogP contribution in [0.15, 0.2) is 23.1 Å². The third kappa shape index (κ3) is 6.00. The summed E-state index contributed by atoms with van der Waals surface area (Å²) in [7, 11) is -3.48. The van der Waals surface area contributed by atoms with E-state index in [-0.39, 0.29) is 5.91 Å². The summed E-state index contributed by atoms with van der Waals surface area (Å²) in [5.41, 5.74) is 1.65. The molecule has 1 aliphatic carbocycles. The second-order valence-corrected chi connectivity index (χ2v) is 11.8. The molecule has 0 unspecified atom stereocenters. The molecule has 1 N–H and O–H groups in total. The molecule has 1 aliphatic heterocycles. The number of imidazole rings is 1. The summed E-state index contributed by atoms with van der Waals surface area (Å²) in [5.74, 6) is 0.962. The molecule has 1 aromatic heterocycles. The van der Waals surface area contributed by atoms with Crippen molar-refractivity contribution in [2.45, 2.75) is 108 Å². The fourth-order valence-corrected chi connectivity index (χ4v) is 6.82. The first kappa shape index (κ1) is 25.2. The normalized spacial score (nSPS) is 18.7. The minimum atomic E-state index is -3.48. The van der Waals surface area contributed by atoms with Crippen molar-refractivity contribution in [3.63, 3.8) is 0 Å². The van der Waals surface area contributed by atoms with Crippen molar-refractivity contribution in [3.05, 3.63) is 24.0 Å². The highest BCUT2D eigenvalue weighted by molar-refractivity contribution is 7.89. The first-order valence-electron chi connectivity index (χ1n) is 13.3. The number of amides is 1. The predicted molar refractivity (Wildman–Crippen MR) is 135 cm³/mol. The highest BCUT2D eigenvalue weighted by Gasteiger charge is 2.28. The van der Waals surface area contributed by atoms with Crippen molar-refractivity contribution in [3.8, 4) is 0 Å². The molecule has 1 saturated carbocycles. The number of aryl methyl sites for hydroxylation is 2. The Labute approximate surface area is 204 Å². The van der Waals surface area contributed by atoms with Crippen molar-refractivity contribution in [1.29, 1.82) is 0 Å². The average Bonchev–Trinajstić information content (AvgIpc) is 3.46. The molecule has 188 valence electrons. The zero-order valence-corrected chi connectivity index (χ0v) is 21.4. The van der Waals surface area contributed by atoms with E-state index in [2.05, 4.69) is 16.8 Å². The van der Waals surface area contributed by atoms with E-state index >= 15 is 0 Å². The molecule has 2 heterocycles. The SMILES string of the molecule is CCCCn1c(CCC(=O)NC2CCCCCCC2)nc2cc(S(=O)(=O)N3CCCC3)ccc21. The third-order valence-corrected chi connectivity index (χ3v) is 9.18. The van der Waals surface area contributed by atoms with Crippen LogP contribution in [0.25, 0.3) is 11.0 Å². The molecule has 34 heavy (non-hydrogen) atoms. The lowest BCUT2D eigenvalue weighted by molar-refractivity contribution is -0.121. The maximum absolute atomic E-state index is 13.0. The molecule has 8 heteroatoms. The molecule has 7 nitrogen and oxygen atoms in total. The number of nitrogens with zero attached hydrogens (tertiary/aromatic N) is 3. The van der Waals surface area contributed by atoms with E-state index in [1.165, 1.54) is 32.1 Å². The van der Waals surface area contributed by atoms with E-state index in [0.717, 1.165) is 56.4 Å². The topological polar surface area (TPSA) is 84.3 Å². The first-order valence-corrected chi connectivity index (χ1v) is 14.7. The summed E-state index contributed by atoms with van der Waals surface area (Å²) < 4.78 is 29.8. The van der Waals surface area contributed by atoms with Crippen LogP contribution in [0.1, 0.15) is 89.8 Å². The molecule has 0 atom stereocenters. The molecule has 0 radical (unpaired) electrons. The number of hydrogen-bond acceptors (Lipinski definition) is 4. The number of carbonyl (C=O) groups is 1. The summed E-state index contributed by atoms with van der Waals surface area (Å²) in [6.07, 6.45) is 13.3. The number of benzene rings is 1. The van der Waals surface area contributed by atoms with Gasteiger partial charge in [0.2, 0.25) is 15.9 Å². The highest BCUT2D eigenvalue weighted by atomic mass is 32.2. The van der Waals surface area contributed by atoms with Crippen LogP contribution in [-0.2, 0) is 27.8 Å². The Kier molecular flexibility index (Phi) is 8.64. The fraction of sp³-hybridized carbons (Fsp3) is 0.692. The van der Waals surface area contributed by atoms with Gasteiger partial charge in [-0.3, -0.25) is 4.79 Å². The molecule has 0 spiro atoms. The van der Waals surface area contributed by atoms with Crippen LogP contribution in [0.3, 0.4) is 0 Å². The van der Waals surface area contributed by atoms with Crippen LogP contribution in [0.2, 0.25) is 0 Å². The predicted octanol–water partition coefficient (Wildman–Crippen LogP) is 4.78. The zero-order valence-electron chi connectivity index (χ0n) is 20.6. The summed E-state index contributed by atoms with van der Waals surface area (Å²) in [6, 6.07) is 5.61. The Hall–Kier alpha value is -1.93. The van der Waals surface area contributed by atoms with Crippen LogP contribution in [0.4, 0.5) is 0 Å². The average molecular weight is 489 g/mol. The second kappa shape index (κ2) is 11.7. The lowest BCUT2D eigenvalue weighted by Crippen LogP contribution is -2.35. The standard InChI is InChI=1S/C26H40N4O3S/c1-2-3-19-30-24-14-13-22(34(32,33)29-17-9-10-18-29)20-23(24)28-25(30)15-16-26(31)27-21-11-7-5-4-6-8-12-21/h13-14,20-21H,2-12,15-19H2,1H3,(H,27,31). The Balaban J connectivity index is 1.49. The molecule has 1 saturated heterocycles. The number of rotatable bonds is 9. The smallest absolute Gasteiger partial charge is 0.243 e. The van der Waals surface area contributed by atoms with Crippen molar-refractivity contribution < 1.29 is 13.2 Å². The van der Waals surface area contributed by atoms with Crippen molar-refractivity contribution in [1.82, 2.24) is 19.2 Å². The van der Waals surface area contributed by atoms with E-state index in [4.69, 9.17) is 4.98 Å². The molecular formula is C26H40N4O3S. The van der Waals surface area contributed by atoms with E-state index in [1.54, 1.807) is 16.4 Å². The maximum atomic E-state index is 13.0. The molecule has 0 bridgehead atoms. The van der Waals surface area contributed by atoms with Gasteiger partial charge in [0.1, 0.15) is 5.82 Å². The number of hydrogen-bond donors (Lipinski definition) is 1. The van der Waals surface area contributed by atoms with Crippen molar-refractivity contribution >= 4 is 27.0 Å². The van der Waals surface area contributed by atoms with Crippen molar-refractivity contribution in [2.75, 3.05) is 13.1 Å². The lowest BCUT2D eigenvalue weighted by atomic mass is 9.96. The summed E-state index contributed by atoms with van der Waals surface area (Å²) in [6.45, 7) is 4.16. The fourth-order valence-electron chi connectivity index (χ4n) is 5.28. The largest absolute Gasteiger partial charge is 0.353 e. The van der Waals surface area contributed by atoms with Gasteiger partial charge in [-0.25, -0.2) is 13.4 Å². The number of sulfonamides is 1. The molecule has 2 aliphatic rings. The van der Waals surface area contributed by atoms with Gasteiger partial charge in [-0.2, -0.15) is 4.31 Å². The van der Waals surface area contributed by atoms with Crippen molar-refractivity contribution in [2.24, 2.45) is 0 Å². The van der Waals surface area contributed by atoms with Gasteiger partial charge < -0.3 is 9.88 Å². The quantitative estimate of drug-likeness (QED) is 0.550. The summed E-state index contributed by atoms with van der Waals surface area (Å²) >= 11 is 0. The van der Waals surface area contributed by atoms with Gasteiger partial charge in [0.25, 0.3) is 0 Å². The van der Waals surface area contributed by atoms with Gasteiger partial charge in [-0.05, 0) is 50.3 Å². The highest BCUT2D eigenvalue weighted by Crippen LogP contribution is 2.26. The van der Waals surface area contributed by atoms with Crippen LogP contribution in [0.5, 0.6) is 0 Å². The lowest BCUT2D eigenvalue weighted by Gasteiger charge is -2.21. The number of aromatic nitrogens is 2. The Bertz CT molecular complexity index is 1070. The Morgan fingerprint density at radius 3 is 2.47 bits per heavy atom. The number of fused-ring (bicyclic) bond motifs is 1. The van der Waals surface area contributed by atoms with E-state index in [1.807, 2.05) is 6.07 Å². The molecular weight excluding hydrogens is 448 g/mol. The van der Waals surface area contributed by atoms with Crippen LogP contribution >= 0.6 is 0 Å². The molecule has 4 rings (SSSR count). The van der Waals surface area contributed by atoms with Crippen LogP contribution in [0, 0.1) is 0 Å². The number of carbonyl (C=O) groups excluding carboxylic acids is 1. The molecule has 2 fully saturated rings. The van der Waals surface area contributed by atoms with Crippen LogP contribution in [-0.4, -0.2) is 47.3 Å². The van der Waals surface area contributed by atoms with Gasteiger partial charge in [0, 0.05) is 38.5 Å². The van der Waals surface area contributed by atoms with Gasteiger partial charge in [0.05, 0.1) is 15.9 Å². The Morgan fingerprint density at radius 1 is 1.06 bits per heavy atom. The minimum absolute atomic E-state index is 0.0944. The molecule has 1 aromatic carbocycles. The van der Waals surface area contributed by atoms with Gasteiger partial charge in [-0.15, -0.1) is 0 Å². The third-order valence-electron chi connectivity index (χ3n) is 7.28. The second-order valence-electron chi connectivity index (χ2n) is 9.90. The first-order chi connectivity index (χ1) is 16.5. The van der Waals surface area contributed by atoms with E-state index in [0.29, 0.717) is 42.4 Å². The summed E-state index contributed by atoms with van der Waals surface area (Å²) in [4.78, 5) is 17.9.